The monoisotopic (exact) mass is 631 g/mol. The summed E-state index contributed by atoms with van der Waals surface area (Å²) in [6.07, 6.45) is -5.09. The van der Waals surface area contributed by atoms with Crippen LogP contribution >= 0.6 is 0 Å². The van der Waals surface area contributed by atoms with Crippen LogP contribution in [0.3, 0.4) is 0 Å². The number of nitrogens with zero attached hydrogens (tertiary/aromatic N) is 2. The summed E-state index contributed by atoms with van der Waals surface area (Å²) in [6, 6.07) is 23.7. The average molecular weight is 632 g/mol. The highest BCUT2D eigenvalue weighted by Crippen LogP contribution is 2.39. The Morgan fingerprint density at radius 3 is 2.33 bits per heavy atom. The Bertz CT molecular complexity index is 1880. The number of alkyl halides is 3. The molecule has 0 saturated heterocycles. The van der Waals surface area contributed by atoms with Gasteiger partial charge in [-0.25, -0.2) is 0 Å². The first-order valence-corrected chi connectivity index (χ1v) is 14.5. The molecule has 0 atom stereocenters. The van der Waals surface area contributed by atoms with E-state index in [0.717, 1.165) is 45.5 Å². The first-order valence-electron chi connectivity index (χ1n) is 14.5. The fraction of sp³-hybridized carbons (Fsp3) is 0.229. The summed E-state index contributed by atoms with van der Waals surface area (Å²) in [5.41, 5.74) is 2.78. The lowest BCUT2D eigenvalue weighted by molar-refractivity contribution is -0.138. The molecule has 1 heterocycles. The molecule has 4 aromatic carbocycles. The molecule has 5 aromatic rings. The van der Waals surface area contributed by atoms with Crippen molar-refractivity contribution in [2.45, 2.75) is 39.1 Å². The number of methoxy groups -OCH3 is 1. The number of carboxylic acid groups (broad SMARTS) is 1. The third-order valence-corrected chi connectivity index (χ3v) is 7.24. The molecule has 1 amide bonds. The Morgan fingerprint density at radius 1 is 0.935 bits per heavy atom. The first-order chi connectivity index (χ1) is 21.9. The maximum absolute atomic E-state index is 13.6. The Labute approximate surface area is 263 Å². The van der Waals surface area contributed by atoms with Gasteiger partial charge in [-0.1, -0.05) is 30.3 Å². The molecule has 0 aliphatic carbocycles. The van der Waals surface area contributed by atoms with Crippen LogP contribution in [-0.2, 0) is 17.5 Å². The predicted octanol–water partition coefficient (Wildman–Crippen LogP) is 7.44. The standard InChI is InChI=1S/C35H32F3N3O5/c1-21(2)46-32-18-27(35(36,37)38)11-13-29(32)30-19-31(26-9-8-25-17-28(45-3)12-10-24(25)16-26)41(40-30)20-22-4-6-23(7-5-22)34(44)39-15-14-33(42)43/h4-13,16-19,21H,14-15,20H2,1-3H3,(H,39,44)(H,42,43). The van der Waals surface area contributed by atoms with Crippen LogP contribution in [0.4, 0.5) is 13.2 Å². The summed E-state index contributed by atoms with van der Waals surface area (Å²) in [5, 5.41) is 18.2. The molecule has 0 saturated carbocycles. The lowest BCUT2D eigenvalue weighted by Crippen LogP contribution is -2.25. The van der Waals surface area contributed by atoms with Crippen molar-refractivity contribution in [1.29, 1.82) is 0 Å². The number of aromatic nitrogens is 2. The molecule has 0 unspecified atom stereocenters. The number of hydrogen-bond donors (Lipinski definition) is 2. The number of nitrogens with one attached hydrogen (secondary N) is 1. The van der Waals surface area contributed by atoms with Crippen LogP contribution in [0.2, 0.25) is 0 Å². The maximum Gasteiger partial charge on any atom is 0.416 e. The van der Waals surface area contributed by atoms with Gasteiger partial charge in [0.05, 0.1) is 43.1 Å². The molecule has 5 rings (SSSR count). The van der Waals surface area contributed by atoms with Crippen molar-refractivity contribution in [1.82, 2.24) is 15.1 Å². The van der Waals surface area contributed by atoms with Gasteiger partial charge in [-0.2, -0.15) is 18.3 Å². The van der Waals surface area contributed by atoms with Crippen molar-refractivity contribution in [2.75, 3.05) is 13.7 Å². The number of aliphatic carboxylic acids is 1. The molecular formula is C35H32F3N3O5. The molecule has 0 aliphatic rings. The smallest absolute Gasteiger partial charge is 0.416 e. The Morgan fingerprint density at radius 2 is 1.65 bits per heavy atom. The number of ether oxygens (including phenoxy) is 2. The quantitative estimate of drug-likeness (QED) is 0.157. The van der Waals surface area contributed by atoms with Crippen LogP contribution in [-0.4, -0.2) is 46.5 Å². The summed E-state index contributed by atoms with van der Waals surface area (Å²) in [6.45, 7) is 3.79. The minimum absolute atomic E-state index is 0.0142. The number of carbonyl (C=O) groups is 2. The number of fused-ring (bicyclic) bond motifs is 1. The molecule has 11 heteroatoms. The van der Waals surface area contributed by atoms with E-state index in [9.17, 15) is 22.8 Å². The summed E-state index contributed by atoms with van der Waals surface area (Å²) in [7, 11) is 1.60. The van der Waals surface area contributed by atoms with Crippen molar-refractivity contribution < 1.29 is 37.3 Å². The second-order valence-corrected chi connectivity index (χ2v) is 11.0. The van der Waals surface area contributed by atoms with Gasteiger partial charge in [-0.05, 0) is 84.8 Å². The fourth-order valence-electron chi connectivity index (χ4n) is 4.99. The highest BCUT2D eigenvalue weighted by atomic mass is 19.4. The Kier molecular flexibility index (Phi) is 9.31. The van der Waals surface area contributed by atoms with E-state index >= 15 is 0 Å². The minimum atomic E-state index is -4.54. The Hall–Kier alpha value is -5.32. The van der Waals surface area contributed by atoms with Gasteiger partial charge < -0.3 is 19.9 Å². The number of rotatable bonds is 11. The number of carbonyl (C=O) groups excluding carboxylic acids is 1. The van der Waals surface area contributed by atoms with Crippen molar-refractivity contribution in [3.63, 3.8) is 0 Å². The number of hydrogen-bond acceptors (Lipinski definition) is 5. The first kappa shape index (κ1) is 32.1. The van der Waals surface area contributed by atoms with E-state index in [0.29, 0.717) is 16.8 Å². The molecule has 8 nitrogen and oxygen atoms in total. The lowest BCUT2D eigenvalue weighted by Gasteiger charge is -2.16. The number of amides is 1. The van der Waals surface area contributed by atoms with E-state index in [1.807, 2.05) is 42.5 Å². The van der Waals surface area contributed by atoms with Crippen LogP contribution in [0.5, 0.6) is 11.5 Å². The zero-order valence-electron chi connectivity index (χ0n) is 25.4. The molecule has 0 radical (unpaired) electrons. The Balaban J connectivity index is 1.55. The number of benzene rings is 4. The highest BCUT2D eigenvalue weighted by molar-refractivity contribution is 5.94. The summed E-state index contributed by atoms with van der Waals surface area (Å²) in [5.74, 6) is -0.588. The van der Waals surface area contributed by atoms with Gasteiger partial charge in [0.2, 0.25) is 0 Å². The van der Waals surface area contributed by atoms with E-state index in [2.05, 4.69) is 5.32 Å². The molecule has 0 bridgehead atoms. The number of carboxylic acids is 1. The van der Waals surface area contributed by atoms with E-state index < -0.39 is 17.7 Å². The third-order valence-electron chi connectivity index (χ3n) is 7.24. The van der Waals surface area contributed by atoms with Gasteiger partial charge in [-0.3, -0.25) is 14.3 Å². The maximum atomic E-state index is 13.6. The van der Waals surface area contributed by atoms with E-state index in [-0.39, 0.29) is 37.3 Å². The summed E-state index contributed by atoms with van der Waals surface area (Å²) < 4.78 is 53.7. The van der Waals surface area contributed by atoms with Crippen molar-refractivity contribution >= 4 is 22.6 Å². The van der Waals surface area contributed by atoms with Gasteiger partial charge in [-0.15, -0.1) is 0 Å². The van der Waals surface area contributed by atoms with E-state index in [4.69, 9.17) is 19.7 Å². The molecule has 46 heavy (non-hydrogen) atoms. The second-order valence-electron chi connectivity index (χ2n) is 11.0. The largest absolute Gasteiger partial charge is 0.497 e. The van der Waals surface area contributed by atoms with Crippen LogP contribution in [0.25, 0.3) is 33.3 Å². The van der Waals surface area contributed by atoms with Crippen molar-refractivity contribution in [2.24, 2.45) is 0 Å². The topological polar surface area (TPSA) is 103 Å². The van der Waals surface area contributed by atoms with Crippen molar-refractivity contribution in [3.05, 3.63) is 102 Å². The summed E-state index contributed by atoms with van der Waals surface area (Å²) in [4.78, 5) is 23.2. The number of halogens is 3. The van der Waals surface area contributed by atoms with Crippen LogP contribution < -0.4 is 14.8 Å². The van der Waals surface area contributed by atoms with E-state index in [1.54, 1.807) is 49.9 Å². The van der Waals surface area contributed by atoms with Crippen molar-refractivity contribution in [3.8, 4) is 34.0 Å². The van der Waals surface area contributed by atoms with Crippen LogP contribution in [0, 0.1) is 0 Å². The summed E-state index contributed by atoms with van der Waals surface area (Å²) >= 11 is 0. The molecular weight excluding hydrogens is 599 g/mol. The molecule has 0 spiro atoms. The normalized spacial score (nSPS) is 11.5. The third kappa shape index (κ3) is 7.48. The zero-order chi connectivity index (χ0) is 33.0. The molecule has 0 aliphatic heterocycles. The van der Waals surface area contributed by atoms with Gasteiger partial charge in [0, 0.05) is 23.2 Å². The van der Waals surface area contributed by atoms with Gasteiger partial charge in [0.1, 0.15) is 11.5 Å². The fourth-order valence-corrected chi connectivity index (χ4v) is 4.99. The van der Waals surface area contributed by atoms with Gasteiger partial charge >= 0.3 is 12.1 Å². The van der Waals surface area contributed by atoms with Gasteiger partial charge in [0.15, 0.2) is 0 Å². The van der Waals surface area contributed by atoms with E-state index in [1.165, 1.54) is 6.07 Å². The van der Waals surface area contributed by atoms with Crippen LogP contribution in [0.1, 0.15) is 41.8 Å². The molecule has 2 N–H and O–H groups in total. The molecule has 1 aromatic heterocycles. The predicted molar refractivity (Wildman–Crippen MR) is 168 cm³/mol. The minimum Gasteiger partial charge on any atom is -0.497 e. The molecule has 0 fully saturated rings. The van der Waals surface area contributed by atoms with Gasteiger partial charge in [0.25, 0.3) is 5.91 Å². The second kappa shape index (κ2) is 13.4. The zero-order valence-corrected chi connectivity index (χ0v) is 25.4. The lowest BCUT2D eigenvalue weighted by atomic mass is 10.0. The SMILES string of the molecule is COc1ccc2cc(-c3cc(-c4ccc(C(F)(F)F)cc4OC(C)C)nn3Cc3ccc(C(=O)NCCC(=O)O)cc3)ccc2c1. The average Bonchev–Trinajstić information content (AvgIpc) is 3.43. The molecule has 238 valence electrons. The van der Waals surface area contributed by atoms with Crippen LogP contribution in [0.15, 0.2) is 84.9 Å². The highest BCUT2D eigenvalue weighted by Gasteiger charge is 2.32.